The molecule has 0 aliphatic heterocycles. The number of benzene rings is 1. The maximum absolute atomic E-state index is 7.88. The smallest absolute Gasteiger partial charge is 0.0474 e. The van der Waals surface area contributed by atoms with Gasteiger partial charge in [0.15, 0.2) is 0 Å². The minimum Gasteiger partial charge on any atom is -0.396 e. The summed E-state index contributed by atoms with van der Waals surface area (Å²) in [7, 11) is 0. The van der Waals surface area contributed by atoms with Crippen LogP contribution < -0.4 is 6.15 Å². The Morgan fingerprint density at radius 2 is 1.69 bits per heavy atom. The van der Waals surface area contributed by atoms with Crippen molar-refractivity contribution in [2.75, 3.05) is 6.61 Å². The van der Waals surface area contributed by atoms with Gasteiger partial charge < -0.3 is 11.3 Å². The van der Waals surface area contributed by atoms with Crippen LogP contribution in [0.2, 0.25) is 0 Å². The molecular formula is C10H18ClNO. The minimum absolute atomic E-state index is 0. The summed E-state index contributed by atoms with van der Waals surface area (Å²) in [6.07, 6.45) is 0.875. The molecule has 0 heterocycles. The van der Waals surface area contributed by atoms with E-state index >= 15 is 0 Å². The molecule has 0 bridgehead atoms. The Hall–Kier alpha value is -0.570. The van der Waals surface area contributed by atoms with Gasteiger partial charge in [0.2, 0.25) is 0 Å². The average Bonchev–Trinajstić information content (AvgIpc) is 2.19. The Morgan fingerprint density at radius 1 is 1.23 bits per heavy atom. The second kappa shape index (κ2) is 11.4. The van der Waals surface area contributed by atoms with E-state index in [4.69, 9.17) is 16.7 Å². The summed E-state index contributed by atoms with van der Waals surface area (Å²) in [5.74, 6) is 0.612. The monoisotopic (exact) mass is 203 g/mol. The van der Waals surface area contributed by atoms with Crippen molar-refractivity contribution in [1.82, 2.24) is 6.15 Å². The van der Waals surface area contributed by atoms with Crippen molar-refractivity contribution in [3.63, 3.8) is 0 Å². The van der Waals surface area contributed by atoms with Crippen molar-refractivity contribution < 1.29 is 5.11 Å². The van der Waals surface area contributed by atoms with Gasteiger partial charge in [0, 0.05) is 12.5 Å². The van der Waals surface area contributed by atoms with Crippen molar-refractivity contribution in [3.05, 3.63) is 35.9 Å². The molecule has 0 aliphatic rings. The topological polar surface area (TPSA) is 55.2 Å². The van der Waals surface area contributed by atoms with E-state index in [1.54, 1.807) is 0 Å². The molecule has 2 nitrogen and oxygen atoms in total. The molecular weight excluding hydrogens is 186 g/mol. The third-order valence-corrected chi connectivity index (χ3v) is 1.53. The van der Waals surface area contributed by atoms with E-state index in [0.717, 1.165) is 6.42 Å². The molecule has 4 N–H and O–H groups in total. The SMILES string of the molecule is CCCO.ClCc1ccccc1.N. The molecule has 0 spiro atoms. The summed E-state index contributed by atoms with van der Waals surface area (Å²) in [5, 5.41) is 7.88. The fourth-order valence-electron chi connectivity index (χ4n) is 0.567. The molecule has 3 heteroatoms. The minimum atomic E-state index is 0. The van der Waals surface area contributed by atoms with Crippen molar-refractivity contribution in [3.8, 4) is 0 Å². The Labute approximate surface area is 85.1 Å². The van der Waals surface area contributed by atoms with Gasteiger partial charge in [0.25, 0.3) is 0 Å². The second-order valence-corrected chi connectivity index (χ2v) is 2.61. The molecule has 0 aliphatic carbocycles. The van der Waals surface area contributed by atoms with Crippen LogP contribution in [0.5, 0.6) is 0 Å². The summed E-state index contributed by atoms with van der Waals surface area (Å²) in [6.45, 7) is 2.25. The molecule has 0 unspecified atom stereocenters. The lowest BCUT2D eigenvalue weighted by atomic mass is 10.2. The fourth-order valence-corrected chi connectivity index (χ4v) is 0.745. The maximum atomic E-state index is 7.88. The first-order valence-corrected chi connectivity index (χ1v) is 4.59. The number of hydrogen-bond donors (Lipinski definition) is 2. The van der Waals surface area contributed by atoms with Crippen LogP contribution >= 0.6 is 11.6 Å². The number of halogens is 1. The van der Waals surface area contributed by atoms with Gasteiger partial charge in [-0.25, -0.2) is 0 Å². The molecule has 0 amide bonds. The van der Waals surface area contributed by atoms with E-state index in [-0.39, 0.29) is 6.15 Å². The summed E-state index contributed by atoms with van der Waals surface area (Å²) in [4.78, 5) is 0. The van der Waals surface area contributed by atoms with E-state index in [1.807, 2.05) is 37.3 Å². The maximum Gasteiger partial charge on any atom is 0.0474 e. The van der Waals surface area contributed by atoms with E-state index in [9.17, 15) is 0 Å². The van der Waals surface area contributed by atoms with Crippen LogP contribution in [0.1, 0.15) is 18.9 Å². The zero-order valence-electron chi connectivity index (χ0n) is 8.04. The van der Waals surface area contributed by atoms with Crippen molar-refractivity contribution in [1.29, 1.82) is 0 Å². The Bertz CT molecular complexity index is 178. The quantitative estimate of drug-likeness (QED) is 0.727. The molecule has 1 aromatic carbocycles. The van der Waals surface area contributed by atoms with E-state index in [2.05, 4.69) is 0 Å². The molecule has 1 rings (SSSR count). The van der Waals surface area contributed by atoms with Crippen molar-refractivity contribution in [2.24, 2.45) is 0 Å². The lowest BCUT2D eigenvalue weighted by molar-refractivity contribution is 0.295. The first-order valence-electron chi connectivity index (χ1n) is 4.05. The third kappa shape index (κ3) is 9.34. The predicted octanol–water partition coefficient (Wildman–Crippen LogP) is 2.98. The fraction of sp³-hybridized carbons (Fsp3) is 0.400. The van der Waals surface area contributed by atoms with E-state index in [1.165, 1.54) is 5.56 Å². The summed E-state index contributed by atoms with van der Waals surface area (Å²) in [5.41, 5.74) is 1.18. The van der Waals surface area contributed by atoms with Gasteiger partial charge in [0.1, 0.15) is 0 Å². The van der Waals surface area contributed by atoms with Crippen LogP contribution in [-0.2, 0) is 5.88 Å². The molecule has 0 saturated heterocycles. The highest BCUT2D eigenvalue weighted by molar-refractivity contribution is 6.17. The number of hydrogen-bond acceptors (Lipinski definition) is 2. The lowest BCUT2D eigenvalue weighted by Gasteiger charge is -1.88. The summed E-state index contributed by atoms with van der Waals surface area (Å²) >= 11 is 5.53. The molecule has 0 fully saturated rings. The highest BCUT2D eigenvalue weighted by atomic mass is 35.5. The van der Waals surface area contributed by atoms with Gasteiger partial charge in [-0.1, -0.05) is 37.3 Å². The highest BCUT2D eigenvalue weighted by Gasteiger charge is 1.81. The van der Waals surface area contributed by atoms with Crippen LogP contribution in [0.15, 0.2) is 30.3 Å². The standard InChI is InChI=1S/C7H7Cl.C3H8O.H3N/c8-6-7-4-2-1-3-5-7;1-2-3-4;/h1-5H,6H2;4H,2-3H2,1H3;1H3. The molecule has 1 aromatic rings. The molecule has 0 saturated carbocycles. The van der Waals surface area contributed by atoms with Gasteiger partial charge in [-0.05, 0) is 12.0 Å². The van der Waals surface area contributed by atoms with Crippen molar-refractivity contribution in [2.45, 2.75) is 19.2 Å². The third-order valence-electron chi connectivity index (χ3n) is 1.22. The van der Waals surface area contributed by atoms with Crippen LogP contribution in [0.4, 0.5) is 0 Å². The molecule has 13 heavy (non-hydrogen) atoms. The van der Waals surface area contributed by atoms with Gasteiger partial charge in [-0.15, -0.1) is 11.6 Å². The Balaban J connectivity index is 0. The van der Waals surface area contributed by atoms with Crippen LogP contribution in [0, 0.1) is 0 Å². The van der Waals surface area contributed by atoms with E-state index < -0.39 is 0 Å². The zero-order valence-corrected chi connectivity index (χ0v) is 8.80. The summed E-state index contributed by atoms with van der Waals surface area (Å²) in [6, 6.07) is 9.96. The van der Waals surface area contributed by atoms with Crippen LogP contribution in [0.3, 0.4) is 0 Å². The first-order chi connectivity index (χ1) is 5.85. The molecule has 76 valence electrons. The molecule has 0 atom stereocenters. The Morgan fingerprint density at radius 3 is 1.92 bits per heavy atom. The van der Waals surface area contributed by atoms with Gasteiger partial charge >= 0.3 is 0 Å². The van der Waals surface area contributed by atoms with Crippen molar-refractivity contribution >= 4 is 11.6 Å². The molecule has 0 aromatic heterocycles. The van der Waals surface area contributed by atoms with E-state index in [0.29, 0.717) is 12.5 Å². The van der Waals surface area contributed by atoms with Gasteiger partial charge in [-0.3, -0.25) is 0 Å². The molecule has 0 radical (unpaired) electrons. The Kier molecular flexibility index (Phi) is 13.1. The highest BCUT2D eigenvalue weighted by Crippen LogP contribution is 2.00. The average molecular weight is 204 g/mol. The predicted molar refractivity (Wildman–Crippen MR) is 58.4 cm³/mol. The second-order valence-electron chi connectivity index (χ2n) is 2.34. The van der Waals surface area contributed by atoms with Gasteiger partial charge in [0.05, 0.1) is 0 Å². The van der Waals surface area contributed by atoms with Crippen LogP contribution in [0.25, 0.3) is 0 Å². The van der Waals surface area contributed by atoms with Crippen LogP contribution in [-0.4, -0.2) is 11.7 Å². The largest absolute Gasteiger partial charge is 0.396 e. The lowest BCUT2D eigenvalue weighted by Crippen LogP contribution is -1.71. The zero-order chi connectivity index (χ0) is 9.23. The summed E-state index contributed by atoms with van der Waals surface area (Å²) < 4.78 is 0. The first kappa shape index (κ1) is 14.9. The number of rotatable bonds is 2. The number of aliphatic hydroxyl groups excluding tert-OH is 1. The van der Waals surface area contributed by atoms with Gasteiger partial charge in [-0.2, -0.15) is 0 Å². The number of aliphatic hydroxyl groups is 1. The normalized spacial score (nSPS) is 7.92. The number of alkyl halides is 1.